The molecule has 0 atom stereocenters. The van der Waals surface area contributed by atoms with Gasteiger partial charge in [0.2, 0.25) is 0 Å². The van der Waals surface area contributed by atoms with Crippen molar-refractivity contribution < 1.29 is 4.79 Å². The number of amides is 1. The molecule has 2 aromatic rings. The molecule has 0 aliphatic carbocycles. The number of aromatic nitrogens is 1. The average Bonchev–Trinajstić information content (AvgIpc) is 3.05. The molecule has 1 saturated heterocycles. The minimum atomic E-state index is 0.0387. The highest BCUT2D eigenvalue weighted by Crippen LogP contribution is 2.25. The first-order valence-corrected chi connectivity index (χ1v) is 8.15. The van der Waals surface area contributed by atoms with Crippen LogP contribution < -0.4 is 5.32 Å². The van der Waals surface area contributed by atoms with Gasteiger partial charge < -0.3 is 10.2 Å². The fourth-order valence-corrected chi connectivity index (χ4v) is 3.20. The Morgan fingerprint density at radius 1 is 1.09 bits per heavy atom. The summed E-state index contributed by atoms with van der Waals surface area (Å²) >= 11 is 0. The molecular weight excluding hydrogens is 286 g/mol. The first kappa shape index (κ1) is 15.5. The van der Waals surface area contributed by atoms with Gasteiger partial charge in [0.25, 0.3) is 5.91 Å². The maximum Gasteiger partial charge on any atom is 0.272 e. The summed E-state index contributed by atoms with van der Waals surface area (Å²) in [4.78, 5) is 18.5. The second kappa shape index (κ2) is 6.41. The number of carbonyl (C=O) groups excluding carboxylic acids is 1. The zero-order valence-corrected chi connectivity index (χ0v) is 14.0. The molecule has 1 N–H and O–H groups in total. The summed E-state index contributed by atoms with van der Waals surface area (Å²) in [5, 5.41) is 3.42. The summed E-state index contributed by atoms with van der Waals surface area (Å²) in [6.45, 7) is 8.00. The van der Waals surface area contributed by atoms with Crippen molar-refractivity contribution in [2.24, 2.45) is 0 Å². The number of rotatable bonds is 3. The van der Waals surface area contributed by atoms with Gasteiger partial charge in [0.15, 0.2) is 0 Å². The lowest BCUT2D eigenvalue weighted by Crippen LogP contribution is -2.28. The fourth-order valence-electron chi connectivity index (χ4n) is 3.20. The van der Waals surface area contributed by atoms with Crippen LogP contribution in [0.4, 0.5) is 11.4 Å². The van der Waals surface area contributed by atoms with E-state index in [1.54, 1.807) is 6.20 Å². The molecule has 2 heterocycles. The number of benzene rings is 1. The number of nitrogens with zero attached hydrogens (tertiary/aromatic N) is 2. The number of carbonyl (C=O) groups is 1. The second-order valence-electron chi connectivity index (χ2n) is 6.33. The van der Waals surface area contributed by atoms with Crippen LogP contribution in [0.3, 0.4) is 0 Å². The lowest BCUT2D eigenvalue weighted by molar-refractivity contribution is 0.0787. The van der Waals surface area contributed by atoms with Gasteiger partial charge in [-0.3, -0.25) is 4.79 Å². The minimum absolute atomic E-state index is 0.0387. The van der Waals surface area contributed by atoms with Crippen molar-refractivity contribution in [1.29, 1.82) is 0 Å². The molecule has 1 amide bonds. The summed E-state index contributed by atoms with van der Waals surface area (Å²) in [6, 6.07) is 8.05. The first-order chi connectivity index (χ1) is 11.0. The molecule has 0 spiro atoms. The number of hydrogen-bond acceptors (Lipinski definition) is 3. The van der Waals surface area contributed by atoms with Gasteiger partial charge in [0.1, 0.15) is 5.69 Å². The van der Waals surface area contributed by atoms with Gasteiger partial charge in [0, 0.05) is 18.8 Å². The smallest absolute Gasteiger partial charge is 0.272 e. The molecule has 1 aliphatic rings. The Bertz CT molecular complexity index is 693. The first-order valence-electron chi connectivity index (χ1n) is 8.15. The molecule has 120 valence electrons. The summed E-state index contributed by atoms with van der Waals surface area (Å²) in [5.41, 5.74) is 6.21. The highest BCUT2D eigenvalue weighted by molar-refractivity contribution is 5.92. The van der Waals surface area contributed by atoms with E-state index in [9.17, 15) is 4.79 Å². The number of nitrogens with one attached hydrogen (secondary N) is 1. The summed E-state index contributed by atoms with van der Waals surface area (Å²) < 4.78 is 0. The molecular formula is C19H23N3O. The molecule has 1 fully saturated rings. The van der Waals surface area contributed by atoms with E-state index in [0.29, 0.717) is 5.69 Å². The molecule has 0 saturated carbocycles. The predicted octanol–water partition coefficient (Wildman–Crippen LogP) is 3.99. The molecule has 4 nitrogen and oxygen atoms in total. The van der Waals surface area contributed by atoms with Crippen LogP contribution >= 0.6 is 0 Å². The van der Waals surface area contributed by atoms with Gasteiger partial charge in [-0.2, -0.15) is 0 Å². The molecule has 1 aliphatic heterocycles. The van der Waals surface area contributed by atoms with E-state index in [2.05, 4.69) is 43.2 Å². The molecule has 3 rings (SSSR count). The zero-order valence-electron chi connectivity index (χ0n) is 14.0. The Hall–Kier alpha value is -2.36. The number of likely N-dealkylation sites (tertiary alicyclic amines) is 1. The standard InChI is InChI=1S/C19H23N3O/c1-13-10-14(2)18(15(3)11-13)21-16-6-7-17(20-12-16)19(23)22-8-4-5-9-22/h6-7,10-12,21H,4-5,8-9H2,1-3H3. The van der Waals surface area contributed by atoms with Gasteiger partial charge in [0.05, 0.1) is 11.9 Å². The Balaban J connectivity index is 1.76. The quantitative estimate of drug-likeness (QED) is 0.932. The highest BCUT2D eigenvalue weighted by Gasteiger charge is 2.20. The Morgan fingerprint density at radius 2 is 1.74 bits per heavy atom. The number of pyridine rings is 1. The van der Waals surface area contributed by atoms with Crippen molar-refractivity contribution in [1.82, 2.24) is 9.88 Å². The van der Waals surface area contributed by atoms with E-state index in [0.717, 1.165) is 37.3 Å². The van der Waals surface area contributed by atoms with E-state index in [1.165, 1.54) is 16.7 Å². The van der Waals surface area contributed by atoms with Gasteiger partial charge in [-0.05, 0) is 56.9 Å². The van der Waals surface area contributed by atoms with Crippen LogP contribution in [0.25, 0.3) is 0 Å². The maximum atomic E-state index is 12.3. The lowest BCUT2D eigenvalue weighted by atomic mass is 10.0. The maximum absolute atomic E-state index is 12.3. The average molecular weight is 309 g/mol. The van der Waals surface area contributed by atoms with Crippen LogP contribution in [-0.4, -0.2) is 28.9 Å². The van der Waals surface area contributed by atoms with E-state index < -0.39 is 0 Å². The van der Waals surface area contributed by atoms with Gasteiger partial charge in [-0.25, -0.2) is 4.98 Å². The minimum Gasteiger partial charge on any atom is -0.354 e. The zero-order chi connectivity index (χ0) is 16.4. The van der Waals surface area contributed by atoms with Crippen molar-refractivity contribution in [3.63, 3.8) is 0 Å². The van der Waals surface area contributed by atoms with Crippen LogP contribution in [0.2, 0.25) is 0 Å². The van der Waals surface area contributed by atoms with Crippen molar-refractivity contribution in [3.8, 4) is 0 Å². The van der Waals surface area contributed by atoms with Crippen LogP contribution in [0, 0.1) is 20.8 Å². The Kier molecular flexibility index (Phi) is 4.33. The van der Waals surface area contributed by atoms with Crippen LogP contribution in [-0.2, 0) is 0 Å². The van der Waals surface area contributed by atoms with E-state index in [-0.39, 0.29) is 5.91 Å². The Morgan fingerprint density at radius 3 is 2.30 bits per heavy atom. The summed E-state index contributed by atoms with van der Waals surface area (Å²) in [7, 11) is 0. The largest absolute Gasteiger partial charge is 0.354 e. The third kappa shape index (κ3) is 3.36. The second-order valence-corrected chi connectivity index (χ2v) is 6.33. The number of hydrogen-bond donors (Lipinski definition) is 1. The number of anilines is 2. The monoisotopic (exact) mass is 309 g/mol. The number of aryl methyl sites for hydroxylation is 3. The SMILES string of the molecule is Cc1cc(C)c(Nc2ccc(C(=O)N3CCCC3)nc2)c(C)c1. The molecule has 23 heavy (non-hydrogen) atoms. The lowest BCUT2D eigenvalue weighted by Gasteiger charge is -2.16. The molecule has 0 radical (unpaired) electrons. The van der Waals surface area contributed by atoms with Crippen molar-refractivity contribution in [2.75, 3.05) is 18.4 Å². The van der Waals surface area contributed by atoms with Crippen LogP contribution in [0.5, 0.6) is 0 Å². The molecule has 0 unspecified atom stereocenters. The molecule has 1 aromatic carbocycles. The Labute approximate surface area is 137 Å². The van der Waals surface area contributed by atoms with E-state index in [4.69, 9.17) is 0 Å². The molecule has 4 heteroatoms. The predicted molar refractivity (Wildman–Crippen MR) is 93.3 cm³/mol. The van der Waals surface area contributed by atoms with E-state index in [1.807, 2.05) is 17.0 Å². The molecule has 1 aromatic heterocycles. The van der Waals surface area contributed by atoms with E-state index >= 15 is 0 Å². The third-order valence-corrected chi connectivity index (χ3v) is 4.32. The van der Waals surface area contributed by atoms with Gasteiger partial charge >= 0.3 is 0 Å². The summed E-state index contributed by atoms with van der Waals surface area (Å²) in [5.74, 6) is 0.0387. The fraction of sp³-hybridized carbons (Fsp3) is 0.368. The third-order valence-electron chi connectivity index (χ3n) is 4.32. The van der Waals surface area contributed by atoms with Crippen molar-refractivity contribution >= 4 is 17.3 Å². The highest BCUT2D eigenvalue weighted by atomic mass is 16.2. The van der Waals surface area contributed by atoms with Crippen LogP contribution in [0.15, 0.2) is 30.5 Å². The normalized spacial score (nSPS) is 14.1. The van der Waals surface area contributed by atoms with Crippen LogP contribution in [0.1, 0.15) is 40.0 Å². The van der Waals surface area contributed by atoms with Crippen molar-refractivity contribution in [3.05, 3.63) is 52.8 Å². The van der Waals surface area contributed by atoms with Gasteiger partial charge in [-0.15, -0.1) is 0 Å². The summed E-state index contributed by atoms with van der Waals surface area (Å²) in [6.07, 6.45) is 3.93. The molecule has 0 bridgehead atoms. The van der Waals surface area contributed by atoms with Gasteiger partial charge in [-0.1, -0.05) is 17.7 Å². The van der Waals surface area contributed by atoms with Crippen molar-refractivity contribution in [2.45, 2.75) is 33.6 Å². The topological polar surface area (TPSA) is 45.2 Å².